The van der Waals surface area contributed by atoms with E-state index in [4.69, 9.17) is 16.3 Å². The smallest absolute Gasteiger partial charge is 0.273 e. The van der Waals surface area contributed by atoms with Gasteiger partial charge in [-0.3, -0.25) is 19.2 Å². The fourth-order valence-electron chi connectivity index (χ4n) is 3.51. The molecule has 178 valence electrons. The second-order valence-electron chi connectivity index (χ2n) is 7.72. The SMILES string of the molecule is COc1ccc(Cl)cc1N(CC(=O)N1CCN(C)CC1)S(=O)(=O)c1ccc(C)c([N+](=O)[O-])c1. The molecule has 0 N–H and O–H groups in total. The number of amides is 1. The number of rotatable bonds is 7. The molecule has 0 spiro atoms. The number of carbonyl (C=O) groups is 1. The van der Waals surface area contributed by atoms with E-state index in [1.165, 1.54) is 44.4 Å². The molecule has 0 aliphatic carbocycles. The molecule has 2 aromatic carbocycles. The van der Waals surface area contributed by atoms with E-state index in [9.17, 15) is 23.3 Å². The highest BCUT2D eigenvalue weighted by Crippen LogP contribution is 2.35. The monoisotopic (exact) mass is 496 g/mol. The van der Waals surface area contributed by atoms with Gasteiger partial charge >= 0.3 is 0 Å². The van der Waals surface area contributed by atoms with Crippen molar-refractivity contribution < 1.29 is 22.9 Å². The van der Waals surface area contributed by atoms with Gasteiger partial charge in [-0.1, -0.05) is 17.7 Å². The van der Waals surface area contributed by atoms with Crippen LogP contribution in [0, 0.1) is 17.0 Å². The molecule has 0 atom stereocenters. The van der Waals surface area contributed by atoms with Crippen LogP contribution in [0.2, 0.25) is 5.02 Å². The maximum absolute atomic E-state index is 13.7. The van der Waals surface area contributed by atoms with E-state index >= 15 is 0 Å². The van der Waals surface area contributed by atoms with Gasteiger partial charge < -0.3 is 14.5 Å². The van der Waals surface area contributed by atoms with Gasteiger partial charge in [0, 0.05) is 42.8 Å². The summed E-state index contributed by atoms with van der Waals surface area (Å²) < 4.78 is 33.6. The van der Waals surface area contributed by atoms with Gasteiger partial charge in [-0.05, 0) is 38.2 Å². The Kier molecular flexibility index (Phi) is 7.45. The van der Waals surface area contributed by atoms with E-state index in [2.05, 4.69) is 4.90 Å². The van der Waals surface area contributed by atoms with E-state index in [1.807, 2.05) is 7.05 Å². The Morgan fingerprint density at radius 2 is 1.85 bits per heavy atom. The zero-order chi connectivity index (χ0) is 24.3. The number of piperazine rings is 1. The number of ether oxygens (including phenoxy) is 1. The summed E-state index contributed by atoms with van der Waals surface area (Å²) in [7, 11) is -1.07. The predicted molar refractivity (Wildman–Crippen MR) is 124 cm³/mol. The van der Waals surface area contributed by atoms with Crippen LogP contribution < -0.4 is 9.04 Å². The van der Waals surface area contributed by atoms with Crippen molar-refractivity contribution in [1.82, 2.24) is 9.80 Å². The number of nitrogens with zero attached hydrogens (tertiary/aromatic N) is 4. The number of anilines is 1. The first-order valence-electron chi connectivity index (χ1n) is 10.1. The molecule has 0 saturated carbocycles. The second-order valence-corrected chi connectivity index (χ2v) is 10.0. The number of likely N-dealkylation sites (N-methyl/N-ethyl adjacent to an activating group) is 1. The molecular formula is C21H25ClN4O6S. The minimum atomic E-state index is -4.39. The molecular weight excluding hydrogens is 472 g/mol. The number of methoxy groups -OCH3 is 1. The van der Waals surface area contributed by atoms with Crippen molar-refractivity contribution in [3.05, 3.63) is 57.1 Å². The van der Waals surface area contributed by atoms with Crippen LogP contribution in [-0.4, -0.2) is 75.9 Å². The van der Waals surface area contributed by atoms with Gasteiger partial charge in [-0.2, -0.15) is 0 Å². The second kappa shape index (κ2) is 9.94. The molecule has 1 saturated heterocycles. The minimum Gasteiger partial charge on any atom is -0.495 e. The predicted octanol–water partition coefficient (Wildman–Crippen LogP) is 2.53. The maximum Gasteiger partial charge on any atom is 0.273 e. The largest absolute Gasteiger partial charge is 0.495 e. The highest BCUT2D eigenvalue weighted by molar-refractivity contribution is 7.92. The van der Waals surface area contributed by atoms with Crippen LogP contribution in [0.3, 0.4) is 0 Å². The van der Waals surface area contributed by atoms with Crippen LogP contribution in [-0.2, 0) is 14.8 Å². The normalized spacial score (nSPS) is 14.7. The van der Waals surface area contributed by atoms with E-state index in [0.29, 0.717) is 31.7 Å². The third kappa shape index (κ3) is 5.37. The average molecular weight is 497 g/mol. The molecule has 1 aliphatic heterocycles. The fraction of sp³-hybridized carbons (Fsp3) is 0.381. The lowest BCUT2D eigenvalue weighted by Gasteiger charge is -2.34. The van der Waals surface area contributed by atoms with Crippen LogP contribution in [0.25, 0.3) is 0 Å². The summed E-state index contributed by atoms with van der Waals surface area (Å²) >= 11 is 6.14. The summed E-state index contributed by atoms with van der Waals surface area (Å²) in [5, 5.41) is 11.6. The van der Waals surface area contributed by atoms with Gasteiger partial charge in [0.1, 0.15) is 12.3 Å². The topological polar surface area (TPSA) is 113 Å². The molecule has 0 radical (unpaired) electrons. The number of sulfonamides is 1. The Hall–Kier alpha value is -2.89. The number of hydrogen-bond acceptors (Lipinski definition) is 7. The number of nitro benzene ring substituents is 1. The van der Waals surface area contributed by atoms with Gasteiger partial charge in [0.25, 0.3) is 15.7 Å². The molecule has 2 aromatic rings. The van der Waals surface area contributed by atoms with Gasteiger partial charge in [0.05, 0.1) is 22.6 Å². The molecule has 1 aliphatic rings. The molecule has 0 bridgehead atoms. The molecule has 3 rings (SSSR count). The lowest BCUT2D eigenvalue weighted by Crippen LogP contribution is -2.50. The molecule has 1 amide bonds. The Morgan fingerprint density at radius 3 is 2.45 bits per heavy atom. The fourth-order valence-corrected chi connectivity index (χ4v) is 5.11. The van der Waals surface area contributed by atoms with E-state index in [-0.39, 0.29) is 27.0 Å². The molecule has 10 nitrogen and oxygen atoms in total. The molecule has 1 fully saturated rings. The summed E-state index contributed by atoms with van der Waals surface area (Å²) in [5.41, 5.74) is 0.0505. The quantitative estimate of drug-likeness (QED) is 0.427. The number of benzene rings is 2. The lowest BCUT2D eigenvalue weighted by atomic mass is 10.2. The van der Waals surface area contributed by atoms with Crippen molar-refractivity contribution >= 4 is 38.9 Å². The summed E-state index contributed by atoms with van der Waals surface area (Å²) in [6.45, 7) is 3.28. The molecule has 0 aromatic heterocycles. The summed E-state index contributed by atoms with van der Waals surface area (Å²) in [6, 6.07) is 8.06. The molecule has 1 heterocycles. The van der Waals surface area contributed by atoms with Gasteiger partial charge in [-0.15, -0.1) is 0 Å². The van der Waals surface area contributed by atoms with Crippen molar-refractivity contribution in [2.75, 3.05) is 51.2 Å². The summed E-state index contributed by atoms with van der Waals surface area (Å²) in [4.78, 5) is 27.2. The zero-order valence-electron chi connectivity index (χ0n) is 18.5. The first-order chi connectivity index (χ1) is 15.5. The summed E-state index contributed by atoms with van der Waals surface area (Å²) in [6.07, 6.45) is 0. The standard InChI is InChI=1S/C21H25ClN4O6S/c1-15-4-6-17(13-18(15)26(28)29)33(30,31)25(19-12-16(22)5-7-20(19)32-3)14-21(27)24-10-8-23(2)9-11-24/h4-7,12-13H,8-11,14H2,1-3H3. The number of nitro groups is 1. The summed E-state index contributed by atoms with van der Waals surface area (Å²) in [5.74, 6) is -0.203. The third-order valence-corrected chi connectivity index (χ3v) is 7.50. The zero-order valence-corrected chi connectivity index (χ0v) is 20.1. The number of carbonyl (C=O) groups excluding carboxylic acids is 1. The van der Waals surface area contributed by atoms with Crippen molar-refractivity contribution in [2.45, 2.75) is 11.8 Å². The number of hydrogen-bond donors (Lipinski definition) is 0. The van der Waals surface area contributed by atoms with Crippen molar-refractivity contribution in [2.24, 2.45) is 0 Å². The van der Waals surface area contributed by atoms with E-state index in [0.717, 1.165) is 10.4 Å². The first-order valence-corrected chi connectivity index (χ1v) is 11.9. The Balaban J connectivity index is 2.09. The number of halogens is 1. The minimum absolute atomic E-state index is 0.0655. The van der Waals surface area contributed by atoms with E-state index in [1.54, 1.807) is 4.90 Å². The Morgan fingerprint density at radius 1 is 1.18 bits per heavy atom. The first kappa shape index (κ1) is 24.7. The third-order valence-electron chi connectivity index (χ3n) is 5.51. The van der Waals surface area contributed by atoms with Gasteiger partial charge in [-0.25, -0.2) is 8.42 Å². The van der Waals surface area contributed by atoms with Crippen molar-refractivity contribution in [3.63, 3.8) is 0 Å². The Labute approximate surface area is 197 Å². The van der Waals surface area contributed by atoms with Crippen LogP contribution in [0.4, 0.5) is 11.4 Å². The molecule has 0 unspecified atom stereocenters. The highest BCUT2D eigenvalue weighted by atomic mass is 35.5. The van der Waals surface area contributed by atoms with Crippen LogP contribution in [0.1, 0.15) is 5.56 Å². The number of aryl methyl sites for hydroxylation is 1. The Bertz CT molecular complexity index is 1170. The van der Waals surface area contributed by atoms with Gasteiger partial charge in [0.2, 0.25) is 5.91 Å². The van der Waals surface area contributed by atoms with Gasteiger partial charge in [0.15, 0.2) is 0 Å². The van der Waals surface area contributed by atoms with Crippen molar-refractivity contribution in [3.8, 4) is 5.75 Å². The van der Waals surface area contributed by atoms with Crippen LogP contribution in [0.15, 0.2) is 41.3 Å². The van der Waals surface area contributed by atoms with Crippen LogP contribution in [0.5, 0.6) is 5.75 Å². The van der Waals surface area contributed by atoms with Crippen LogP contribution >= 0.6 is 11.6 Å². The lowest BCUT2D eigenvalue weighted by molar-refractivity contribution is -0.385. The molecule has 33 heavy (non-hydrogen) atoms. The molecule has 12 heteroatoms. The van der Waals surface area contributed by atoms with E-state index < -0.39 is 27.4 Å². The van der Waals surface area contributed by atoms with Crippen molar-refractivity contribution in [1.29, 1.82) is 0 Å². The average Bonchev–Trinajstić information content (AvgIpc) is 2.77. The maximum atomic E-state index is 13.7. The highest BCUT2D eigenvalue weighted by Gasteiger charge is 2.33.